The highest BCUT2D eigenvalue weighted by atomic mass is 35.5. The van der Waals surface area contributed by atoms with Crippen LogP contribution in [0.15, 0.2) is 46.2 Å². The fourth-order valence-electron chi connectivity index (χ4n) is 2.00. The first-order chi connectivity index (χ1) is 9.65. The van der Waals surface area contributed by atoms with Gasteiger partial charge in [-0.05, 0) is 30.3 Å². The average molecular weight is 309 g/mol. The Balaban J connectivity index is 1.96. The van der Waals surface area contributed by atoms with Gasteiger partial charge in [0.2, 0.25) is 0 Å². The number of hydrogen-bond acceptors (Lipinski definition) is 3. The summed E-state index contributed by atoms with van der Waals surface area (Å²) in [5, 5.41) is 0.357. The molecule has 1 aliphatic heterocycles. The zero-order valence-corrected chi connectivity index (χ0v) is 11.9. The van der Waals surface area contributed by atoms with Crippen molar-refractivity contribution < 1.29 is 13.9 Å². The van der Waals surface area contributed by atoms with E-state index in [9.17, 15) is 9.18 Å². The Bertz CT molecular complexity index is 667. The molecule has 0 saturated carbocycles. The summed E-state index contributed by atoms with van der Waals surface area (Å²) in [6.45, 7) is 0.414. The lowest BCUT2D eigenvalue weighted by molar-refractivity contribution is 0.0933. The molecule has 0 bridgehead atoms. The number of Topliss-reactive ketones (excluding diaryl/α,β-unsaturated/α-hetero) is 1. The molecule has 2 aromatic carbocycles. The molecule has 3 rings (SSSR count). The predicted octanol–water partition coefficient (Wildman–Crippen LogP) is 4.60. The summed E-state index contributed by atoms with van der Waals surface area (Å²) in [5.41, 5.74) is 0.550. The first-order valence-electron chi connectivity index (χ1n) is 6.07. The van der Waals surface area contributed by atoms with Crippen LogP contribution in [0.25, 0.3) is 0 Å². The van der Waals surface area contributed by atoms with Gasteiger partial charge in [-0.3, -0.25) is 4.79 Å². The third-order valence-corrected chi connectivity index (χ3v) is 4.51. The zero-order chi connectivity index (χ0) is 14.1. The fourth-order valence-corrected chi connectivity index (χ4v) is 3.16. The average Bonchev–Trinajstić information content (AvgIpc) is 2.44. The van der Waals surface area contributed by atoms with E-state index in [1.54, 1.807) is 30.3 Å². The van der Waals surface area contributed by atoms with Gasteiger partial charge in [0.25, 0.3) is 0 Å². The molecule has 2 nitrogen and oxygen atoms in total. The standard InChI is InChI=1S/C15H10ClFO2S/c16-11-2-1-3-12(17)15(11)20-9-4-5-14-10(8-9)13(18)6-7-19-14/h1-5,8H,6-7H2. The molecule has 5 heteroatoms. The van der Waals surface area contributed by atoms with Crippen LogP contribution in [-0.2, 0) is 0 Å². The number of ketones is 1. The molecule has 0 radical (unpaired) electrons. The highest BCUT2D eigenvalue weighted by molar-refractivity contribution is 7.99. The van der Waals surface area contributed by atoms with Gasteiger partial charge in [0.15, 0.2) is 5.78 Å². The normalized spacial score (nSPS) is 13.8. The maximum atomic E-state index is 13.8. The van der Waals surface area contributed by atoms with E-state index in [2.05, 4.69) is 0 Å². The molecule has 1 heterocycles. The lowest BCUT2D eigenvalue weighted by Crippen LogP contribution is -2.15. The van der Waals surface area contributed by atoms with Gasteiger partial charge in [0, 0.05) is 11.3 Å². The number of carbonyl (C=O) groups is 1. The van der Waals surface area contributed by atoms with Gasteiger partial charge < -0.3 is 4.74 Å². The Kier molecular flexibility index (Phi) is 3.68. The summed E-state index contributed by atoms with van der Waals surface area (Å²) in [5.74, 6) is 0.265. The number of benzene rings is 2. The Morgan fingerprint density at radius 2 is 2.10 bits per heavy atom. The number of fused-ring (bicyclic) bond motifs is 1. The molecule has 0 spiro atoms. The summed E-state index contributed by atoms with van der Waals surface area (Å²) >= 11 is 7.20. The van der Waals surface area contributed by atoms with Crippen LogP contribution in [0.2, 0.25) is 5.02 Å². The number of hydrogen-bond donors (Lipinski definition) is 0. The van der Waals surface area contributed by atoms with E-state index in [-0.39, 0.29) is 11.6 Å². The van der Waals surface area contributed by atoms with Crippen molar-refractivity contribution in [2.45, 2.75) is 16.2 Å². The molecular formula is C15H10ClFO2S. The summed E-state index contributed by atoms with van der Waals surface area (Å²) in [4.78, 5) is 13.0. The molecular weight excluding hydrogens is 299 g/mol. The van der Waals surface area contributed by atoms with Crippen molar-refractivity contribution in [3.05, 3.63) is 52.8 Å². The number of carbonyl (C=O) groups excluding carboxylic acids is 1. The predicted molar refractivity (Wildman–Crippen MR) is 76.4 cm³/mol. The first kappa shape index (κ1) is 13.5. The van der Waals surface area contributed by atoms with Gasteiger partial charge in [0.1, 0.15) is 11.6 Å². The van der Waals surface area contributed by atoms with Crippen molar-refractivity contribution in [3.63, 3.8) is 0 Å². The lowest BCUT2D eigenvalue weighted by atomic mass is 10.1. The van der Waals surface area contributed by atoms with E-state index in [0.29, 0.717) is 34.3 Å². The number of ether oxygens (including phenoxy) is 1. The largest absolute Gasteiger partial charge is 0.492 e. The fraction of sp³-hybridized carbons (Fsp3) is 0.133. The minimum Gasteiger partial charge on any atom is -0.492 e. The third kappa shape index (κ3) is 2.53. The molecule has 2 aromatic rings. The monoisotopic (exact) mass is 308 g/mol. The van der Waals surface area contributed by atoms with Crippen molar-refractivity contribution in [2.75, 3.05) is 6.61 Å². The molecule has 0 aromatic heterocycles. The van der Waals surface area contributed by atoms with Gasteiger partial charge >= 0.3 is 0 Å². The Morgan fingerprint density at radius 3 is 2.90 bits per heavy atom. The Hall–Kier alpha value is -1.52. The highest BCUT2D eigenvalue weighted by Gasteiger charge is 2.19. The van der Waals surface area contributed by atoms with E-state index in [4.69, 9.17) is 16.3 Å². The quantitative estimate of drug-likeness (QED) is 0.811. The molecule has 0 unspecified atom stereocenters. The van der Waals surface area contributed by atoms with Crippen molar-refractivity contribution in [2.24, 2.45) is 0 Å². The second-order valence-electron chi connectivity index (χ2n) is 4.33. The maximum absolute atomic E-state index is 13.8. The van der Waals surface area contributed by atoms with Crippen molar-refractivity contribution in [1.29, 1.82) is 0 Å². The van der Waals surface area contributed by atoms with Crippen LogP contribution in [0.5, 0.6) is 5.75 Å². The number of halogens is 2. The maximum Gasteiger partial charge on any atom is 0.170 e. The van der Waals surface area contributed by atoms with Gasteiger partial charge in [-0.2, -0.15) is 0 Å². The Labute approximate surface area is 124 Å². The van der Waals surface area contributed by atoms with Crippen LogP contribution in [-0.4, -0.2) is 12.4 Å². The molecule has 0 amide bonds. The van der Waals surface area contributed by atoms with Gasteiger partial charge in [-0.1, -0.05) is 29.4 Å². The molecule has 20 heavy (non-hydrogen) atoms. The minimum atomic E-state index is -0.372. The Morgan fingerprint density at radius 1 is 1.25 bits per heavy atom. The van der Waals surface area contributed by atoms with Crippen LogP contribution in [0, 0.1) is 5.82 Å². The van der Waals surface area contributed by atoms with E-state index < -0.39 is 0 Å². The number of rotatable bonds is 2. The van der Waals surface area contributed by atoms with Gasteiger partial charge in [-0.25, -0.2) is 4.39 Å². The second-order valence-corrected chi connectivity index (χ2v) is 5.82. The SMILES string of the molecule is O=C1CCOc2ccc(Sc3c(F)cccc3Cl)cc21. The van der Waals surface area contributed by atoms with Crippen LogP contribution < -0.4 is 4.74 Å². The topological polar surface area (TPSA) is 26.3 Å². The lowest BCUT2D eigenvalue weighted by Gasteiger charge is -2.17. The molecule has 102 valence electrons. The van der Waals surface area contributed by atoms with Crippen LogP contribution in [0.3, 0.4) is 0 Å². The summed E-state index contributed by atoms with van der Waals surface area (Å²) < 4.78 is 19.2. The first-order valence-corrected chi connectivity index (χ1v) is 7.26. The van der Waals surface area contributed by atoms with Crippen molar-refractivity contribution in [1.82, 2.24) is 0 Å². The second kappa shape index (κ2) is 5.46. The molecule has 0 saturated heterocycles. The van der Waals surface area contributed by atoms with Crippen molar-refractivity contribution >= 4 is 29.1 Å². The molecule has 0 fully saturated rings. The van der Waals surface area contributed by atoms with Crippen LogP contribution >= 0.6 is 23.4 Å². The summed E-state index contributed by atoms with van der Waals surface area (Å²) in [7, 11) is 0. The van der Waals surface area contributed by atoms with E-state index in [1.165, 1.54) is 17.8 Å². The molecule has 0 atom stereocenters. The molecule has 0 aliphatic carbocycles. The smallest absolute Gasteiger partial charge is 0.170 e. The summed E-state index contributed by atoms with van der Waals surface area (Å²) in [6.07, 6.45) is 0.377. The minimum absolute atomic E-state index is 0.0494. The van der Waals surface area contributed by atoms with Gasteiger partial charge in [-0.15, -0.1) is 0 Å². The van der Waals surface area contributed by atoms with E-state index in [1.807, 2.05) is 0 Å². The van der Waals surface area contributed by atoms with Crippen LogP contribution in [0.1, 0.15) is 16.8 Å². The highest BCUT2D eigenvalue weighted by Crippen LogP contribution is 2.37. The molecule has 0 N–H and O–H groups in total. The summed E-state index contributed by atoms with van der Waals surface area (Å²) in [6, 6.07) is 9.82. The van der Waals surface area contributed by atoms with E-state index >= 15 is 0 Å². The van der Waals surface area contributed by atoms with Crippen LogP contribution in [0.4, 0.5) is 4.39 Å². The van der Waals surface area contributed by atoms with Crippen molar-refractivity contribution in [3.8, 4) is 5.75 Å². The zero-order valence-electron chi connectivity index (χ0n) is 10.4. The molecule has 1 aliphatic rings. The van der Waals surface area contributed by atoms with Gasteiger partial charge in [0.05, 0.1) is 22.1 Å². The third-order valence-electron chi connectivity index (χ3n) is 2.98. The van der Waals surface area contributed by atoms with E-state index in [0.717, 1.165) is 4.90 Å².